The maximum absolute atomic E-state index is 13.1. The van der Waals surface area contributed by atoms with Crippen molar-refractivity contribution in [2.75, 3.05) is 10.0 Å². The Morgan fingerprint density at radius 3 is 2.19 bits per heavy atom. The molecule has 0 heterocycles. The molecule has 0 unspecified atom stereocenters. The number of anilines is 2. The lowest BCUT2D eigenvalue weighted by atomic mass is 10.1. The molecule has 0 fully saturated rings. The van der Waals surface area contributed by atoms with E-state index in [-0.39, 0.29) is 36.9 Å². The zero-order valence-corrected chi connectivity index (χ0v) is 23.9. The van der Waals surface area contributed by atoms with Crippen molar-refractivity contribution in [3.63, 3.8) is 0 Å². The van der Waals surface area contributed by atoms with E-state index in [1.165, 1.54) is 42.5 Å². The van der Waals surface area contributed by atoms with E-state index in [4.69, 9.17) is 51.1 Å². The predicted octanol–water partition coefficient (Wildman–Crippen LogP) is 8.91. The minimum atomic E-state index is -4.08. The molecular weight excluding hydrogens is 646 g/mol. The third-order valence-corrected chi connectivity index (χ3v) is 8.65. The van der Waals surface area contributed by atoms with Crippen LogP contribution in [0.5, 0.6) is 11.5 Å². The highest BCUT2D eigenvalue weighted by atomic mass is 79.9. The van der Waals surface area contributed by atoms with Gasteiger partial charge in [-0.15, -0.1) is 0 Å². The third kappa shape index (κ3) is 6.52. The van der Waals surface area contributed by atoms with Crippen LogP contribution in [-0.2, 0) is 10.0 Å². The van der Waals surface area contributed by atoms with Crippen LogP contribution in [0.1, 0.15) is 10.4 Å². The normalized spacial score (nSPS) is 11.2. The first kappa shape index (κ1) is 27.6. The number of hydrogen-bond acceptors (Lipinski definition) is 4. The van der Waals surface area contributed by atoms with Crippen LogP contribution in [0.3, 0.4) is 0 Å². The van der Waals surface area contributed by atoms with Gasteiger partial charge in [0.15, 0.2) is 0 Å². The largest absolute Gasteiger partial charge is 0.456 e. The second-order valence-corrected chi connectivity index (χ2v) is 11.6. The van der Waals surface area contributed by atoms with E-state index in [1.54, 1.807) is 36.4 Å². The van der Waals surface area contributed by atoms with Gasteiger partial charge in [0, 0.05) is 9.50 Å². The smallest absolute Gasteiger partial charge is 0.261 e. The molecule has 4 aromatic carbocycles. The molecule has 0 radical (unpaired) electrons. The Kier molecular flexibility index (Phi) is 8.58. The molecule has 0 aliphatic heterocycles. The molecule has 0 aliphatic carbocycles. The molecule has 0 spiro atoms. The van der Waals surface area contributed by atoms with Crippen LogP contribution >= 0.6 is 62.3 Å². The first-order chi connectivity index (χ1) is 17.5. The summed E-state index contributed by atoms with van der Waals surface area (Å²) >= 11 is 27.8. The molecule has 37 heavy (non-hydrogen) atoms. The number of sulfonamides is 1. The average molecular weight is 661 g/mol. The molecule has 2 N–H and O–H groups in total. The van der Waals surface area contributed by atoms with Gasteiger partial charge in [0.05, 0.1) is 36.9 Å². The summed E-state index contributed by atoms with van der Waals surface area (Å²) in [7, 11) is -4.08. The predicted molar refractivity (Wildman–Crippen MR) is 152 cm³/mol. The summed E-state index contributed by atoms with van der Waals surface area (Å²) in [5.41, 5.74) is 0.227. The SMILES string of the molecule is O=C(Nc1ccc(Br)c(Cl)c1Cl)c1cc(Cl)ccc1NS(=O)(=O)c1ccc(Oc2ccccc2Cl)cc1. The Labute approximate surface area is 241 Å². The Morgan fingerprint density at radius 1 is 0.811 bits per heavy atom. The maximum Gasteiger partial charge on any atom is 0.261 e. The van der Waals surface area contributed by atoms with Gasteiger partial charge in [-0.1, -0.05) is 58.5 Å². The topological polar surface area (TPSA) is 84.5 Å². The van der Waals surface area contributed by atoms with Crippen molar-refractivity contribution < 1.29 is 17.9 Å². The number of carbonyl (C=O) groups is 1. The second-order valence-electron chi connectivity index (χ2n) is 7.48. The fraction of sp³-hybridized carbons (Fsp3) is 0. The number of para-hydroxylation sites is 1. The molecular formula is C25H15BrCl4N2O4S. The van der Waals surface area contributed by atoms with Gasteiger partial charge in [0.25, 0.3) is 15.9 Å². The van der Waals surface area contributed by atoms with Gasteiger partial charge in [-0.05, 0) is 82.7 Å². The minimum absolute atomic E-state index is 0.0117. The lowest BCUT2D eigenvalue weighted by Crippen LogP contribution is -2.19. The minimum Gasteiger partial charge on any atom is -0.456 e. The molecule has 4 rings (SSSR count). The van der Waals surface area contributed by atoms with Crippen LogP contribution < -0.4 is 14.8 Å². The van der Waals surface area contributed by atoms with E-state index < -0.39 is 15.9 Å². The van der Waals surface area contributed by atoms with Gasteiger partial charge in [0.1, 0.15) is 11.5 Å². The number of rotatable bonds is 7. The third-order valence-electron chi connectivity index (χ3n) is 4.95. The monoisotopic (exact) mass is 658 g/mol. The first-order valence-corrected chi connectivity index (χ1v) is 14.1. The summed E-state index contributed by atoms with van der Waals surface area (Å²) in [6.07, 6.45) is 0. The van der Waals surface area contributed by atoms with Crippen molar-refractivity contribution in [1.29, 1.82) is 0 Å². The quantitative estimate of drug-likeness (QED) is 0.194. The lowest BCUT2D eigenvalue weighted by molar-refractivity contribution is 0.102. The highest BCUT2D eigenvalue weighted by Crippen LogP contribution is 2.36. The Balaban J connectivity index is 1.57. The zero-order chi connectivity index (χ0) is 26.7. The van der Waals surface area contributed by atoms with Crippen LogP contribution in [0.2, 0.25) is 20.1 Å². The molecule has 6 nitrogen and oxygen atoms in total. The molecule has 0 bridgehead atoms. The van der Waals surface area contributed by atoms with Crippen molar-refractivity contribution in [3.8, 4) is 11.5 Å². The highest BCUT2D eigenvalue weighted by molar-refractivity contribution is 9.10. The van der Waals surface area contributed by atoms with E-state index >= 15 is 0 Å². The van der Waals surface area contributed by atoms with Gasteiger partial charge in [-0.2, -0.15) is 0 Å². The van der Waals surface area contributed by atoms with Gasteiger partial charge in [-0.25, -0.2) is 8.42 Å². The summed E-state index contributed by atoms with van der Waals surface area (Å²) < 4.78 is 34.9. The van der Waals surface area contributed by atoms with E-state index in [9.17, 15) is 13.2 Å². The number of carbonyl (C=O) groups excluding carboxylic acids is 1. The molecule has 0 saturated heterocycles. The Hall–Kier alpha value is -2.46. The first-order valence-electron chi connectivity index (χ1n) is 10.3. The average Bonchev–Trinajstić information content (AvgIpc) is 2.87. The van der Waals surface area contributed by atoms with Crippen LogP contribution in [0.15, 0.2) is 88.2 Å². The molecule has 1 amide bonds. The number of amides is 1. The lowest BCUT2D eigenvalue weighted by Gasteiger charge is -2.15. The summed E-state index contributed by atoms with van der Waals surface area (Å²) in [5, 5.41) is 3.61. The van der Waals surface area contributed by atoms with Crippen molar-refractivity contribution in [1.82, 2.24) is 0 Å². The Morgan fingerprint density at radius 2 is 1.49 bits per heavy atom. The molecule has 12 heteroatoms. The molecule has 0 aromatic heterocycles. The van der Waals surface area contributed by atoms with Gasteiger partial charge in [-0.3, -0.25) is 9.52 Å². The molecule has 190 valence electrons. The second kappa shape index (κ2) is 11.5. The van der Waals surface area contributed by atoms with Gasteiger partial charge < -0.3 is 10.1 Å². The number of benzene rings is 4. The van der Waals surface area contributed by atoms with Crippen LogP contribution in [0.25, 0.3) is 0 Å². The summed E-state index contributed by atoms with van der Waals surface area (Å²) in [6, 6.07) is 20.0. The molecule has 4 aromatic rings. The van der Waals surface area contributed by atoms with Crippen LogP contribution in [-0.4, -0.2) is 14.3 Å². The number of nitrogens with one attached hydrogen (secondary N) is 2. The molecule has 0 aliphatic rings. The fourth-order valence-corrected chi connectivity index (χ4v) is 5.40. The van der Waals surface area contributed by atoms with Gasteiger partial charge in [0.2, 0.25) is 0 Å². The molecule has 0 saturated carbocycles. The van der Waals surface area contributed by atoms with Crippen molar-refractivity contribution >= 4 is 89.6 Å². The summed E-state index contributed by atoms with van der Waals surface area (Å²) in [6.45, 7) is 0. The standard InChI is InChI=1S/C25H15BrCl4N2O4S/c26-18-10-12-21(24(30)23(18)29)31-25(33)17-13-14(27)5-11-20(17)32-37(34,35)16-8-6-15(7-9-16)36-22-4-2-1-3-19(22)28/h1-13,32H,(H,31,33). The number of hydrogen-bond donors (Lipinski definition) is 2. The molecule has 0 atom stereocenters. The van der Waals surface area contributed by atoms with Crippen LogP contribution in [0.4, 0.5) is 11.4 Å². The highest BCUT2D eigenvalue weighted by Gasteiger charge is 2.21. The van der Waals surface area contributed by atoms with Crippen molar-refractivity contribution in [2.45, 2.75) is 4.90 Å². The number of ether oxygens (including phenoxy) is 1. The summed E-state index contributed by atoms with van der Waals surface area (Å²) in [4.78, 5) is 13.0. The van der Waals surface area contributed by atoms with Crippen molar-refractivity contribution in [3.05, 3.63) is 109 Å². The Bertz CT molecular complexity index is 1600. The maximum atomic E-state index is 13.1. The van der Waals surface area contributed by atoms with E-state index in [1.807, 2.05) is 0 Å². The van der Waals surface area contributed by atoms with E-state index in [0.29, 0.717) is 21.0 Å². The number of halogens is 5. The van der Waals surface area contributed by atoms with Gasteiger partial charge >= 0.3 is 0 Å². The van der Waals surface area contributed by atoms with E-state index in [0.717, 1.165) is 0 Å². The summed E-state index contributed by atoms with van der Waals surface area (Å²) in [5.74, 6) is 0.175. The fourth-order valence-electron chi connectivity index (χ4n) is 3.15. The van der Waals surface area contributed by atoms with E-state index in [2.05, 4.69) is 26.0 Å². The van der Waals surface area contributed by atoms with Crippen molar-refractivity contribution in [2.24, 2.45) is 0 Å². The van der Waals surface area contributed by atoms with Crippen LogP contribution in [0, 0.1) is 0 Å². The zero-order valence-electron chi connectivity index (χ0n) is 18.4.